The van der Waals surface area contributed by atoms with Gasteiger partial charge in [-0.1, -0.05) is 24.3 Å². The summed E-state index contributed by atoms with van der Waals surface area (Å²) in [6, 6.07) is 4.86. The molecule has 4 nitrogen and oxygen atoms in total. The van der Waals surface area contributed by atoms with Crippen molar-refractivity contribution in [3.63, 3.8) is 0 Å². The molecule has 0 saturated carbocycles. The van der Waals surface area contributed by atoms with Crippen LogP contribution in [0.25, 0.3) is 0 Å². The van der Waals surface area contributed by atoms with Crippen molar-refractivity contribution in [1.29, 1.82) is 0 Å². The highest BCUT2D eigenvalue weighted by Crippen LogP contribution is 2.56. The molecule has 0 aromatic heterocycles. The first-order valence-electron chi connectivity index (χ1n) is 7.71. The molecule has 2 rings (SSSR count). The number of anilines is 2. The molecule has 0 spiro atoms. The lowest BCUT2D eigenvalue weighted by Gasteiger charge is -2.38. The summed E-state index contributed by atoms with van der Waals surface area (Å²) in [5.74, 6) is 0. The first-order chi connectivity index (χ1) is 12.4. The first kappa shape index (κ1) is 20.8. The molecule has 0 atom stereocenters. The molecule has 0 saturated heterocycles. The number of alkyl halides is 6. The van der Waals surface area contributed by atoms with Crippen LogP contribution in [0, 0.1) is 0 Å². The number of nitrogen functional groups attached to an aromatic ring is 2. The van der Waals surface area contributed by atoms with Crippen molar-refractivity contribution in [3.8, 4) is 0 Å². The van der Waals surface area contributed by atoms with Crippen LogP contribution in [0.1, 0.15) is 22.3 Å². The standard InChI is InChI=1S/C17H18F6N4/c18-16(19,20)15(17(21,22)23,11-3-1-9(7-24)13(26)5-11)12-4-2-10(8-25)14(27)6-12/h1-6H,7-8,24-27H2. The van der Waals surface area contributed by atoms with Crippen molar-refractivity contribution < 1.29 is 26.3 Å². The molecule has 10 heteroatoms. The van der Waals surface area contributed by atoms with Gasteiger partial charge in [0.15, 0.2) is 0 Å². The molecule has 0 heterocycles. The van der Waals surface area contributed by atoms with Crippen LogP contribution in [0.15, 0.2) is 36.4 Å². The van der Waals surface area contributed by atoms with E-state index in [4.69, 9.17) is 22.9 Å². The highest BCUT2D eigenvalue weighted by molar-refractivity contribution is 5.58. The van der Waals surface area contributed by atoms with Gasteiger partial charge in [0, 0.05) is 24.5 Å². The molecule has 2 aromatic rings. The molecule has 0 unspecified atom stereocenters. The van der Waals surface area contributed by atoms with Crippen LogP contribution in [0.3, 0.4) is 0 Å². The molecule has 27 heavy (non-hydrogen) atoms. The van der Waals surface area contributed by atoms with Crippen LogP contribution >= 0.6 is 0 Å². The summed E-state index contributed by atoms with van der Waals surface area (Å²) in [6.07, 6.45) is -11.4. The summed E-state index contributed by atoms with van der Waals surface area (Å²) in [6.45, 7) is -0.259. The smallest absolute Gasteiger partial charge is 0.398 e. The zero-order valence-electron chi connectivity index (χ0n) is 14.0. The Morgan fingerprint density at radius 2 is 0.963 bits per heavy atom. The molecular weight excluding hydrogens is 374 g/mol. The van der Waals surface area contributed by atoms with E-state index in [1.54, 1.807) is 0 Å². The Bertz CT molecular complexity index is 760. The Morgan fingerprint density at radius 1 is 0.630 bits per heavy atom. The molecule has 0 bridgehead atoms. The molecule has 0 radical (unpaired) electrons. The van der Waals surface area contributed by atoms with Gasteiger partial charge in [-0.25, -0.2) is 0 Å². The van der Waals surface area contributed by atoms with Crippen LogP contribution in [-0.4, -0.2) is 12.4 Å². The van der Waals surface area contributed by atoms with E-state index in [9.17, 15) is 26.3 Å². The predicted octanol–water partition coefficient (Wildman–Crippen LogP) is 3.18. The number of hydrogen-bond donors (Lipinski definition) is 4. The molecule has 0 aliphatic rings. The van der Waals surface area contributed by atoms with Crippen molar-refractivity contribution in [1.82, 2.24) is 0 Å². The number of hydrogen-bond acceptors (Lipinski definition) is 4. The summed E-state index contributed by atoms with van der Waals surface area (Å²) in [5, 5.41) is 0. The Morgan fingerprint density at radius 3 is 1.19 bits per heavy atom. The second kappa shape index (κ2) is 6.93. The van der Waals surface area contributed by atoms with Gasteiger partial charge in [0.25, 0.3) is 0 Å². The molecule has 8 N–H and O–H groups in total. The van der Waals surface area contributed by atoms with Gasteiger partial charge < -0.3 is 22.9 Å². The van der Waals surface area contributed by atoms with E-state index in [0.29, 0.717) is 12.1 Å². The van der Waals surface area contributed by atoms with Crippen LogP contribution in [0.4, 0.5) is 37.7 Å². The van der Waals surface area contributed by atoms with Gasteiger partial charge in [-0.15, -0.1) is 0 Å². The summed E-state index contributed by atoms with van der Waals surface area (Å²) in [4.78, 5) is 0. The summed E-state index contributed by atoms with van der Waals surface area (Å²) >= 11 is 0. The van der Waals surface area contributed by atoms with Crippen LogP contribution in [0.2, 0.25) is 0 Å². The zero-order chi connectivity index (χ0) is 20.6. The van der Waals surface area contributed by atoms with Gasteiger partial charge in [0.05, 0.1) is 0 Å². The topological polar surface area (TPSA) is 104 Å². The van der Waals surface area contributed by atoms with E-state index in [1.165, 1.54) is 0 Å². The fourth-order valence-electron chi connectivity index (χ4n) is 3.01. The Balaban J connectivity index is 2.92. The maximum atomic E-state index is 14.0. The molecule has 0 aliphatic carbocycles. The van der Waals surface area contributed by atoms with Crippen LogP contribution < -0.4 is 22.9 Å². The fourth-order valence-corrected chi connectivity index (χ4v) is 3.01. The lowest BCUT2D eigenvalue weighted by atomic mass is 9.72. The summed E-state index contributed by atoms with van der Waals surface area (Å²) in [5.41, 5.74) is 15.5. The number of benzene rings is 2. The SMILES string of the molecule is NCc1ccc(C(c2ccc(CN)c(N)c2)(C(F)(F)F)C(F)(F)F)cc1N. The second-order valence-corrected chi connectivity index (χ2v) is 5.98. The highest BCUT2D eigenvalue weighted by atomic mass is 19.4. The van der Waals surface area contributed by atoms with Crippen LogP contribution in [-0.2, 0) is 18.5 Å². The number of nitrogens with two attached hydrogens (primary N) is 4. The highest BCUT2D eigenvalue weighted by Gasteiger charge is 2.72. The first-order valence-corrected chi connectivity index (χ1v) is 7.71. The molecule has 2 aromatic carbocycles. The van der Waals surface area contributed by atoms with Crippen molar-refractivity contribution in [3.05, 3.63) is 58.7 Å². The van der Waals surface area contributed by atoms with Gasteiger partial charge in [0.1, 0.15) is 0 Å². The van der Waals surface area contributed by atoms with Crippen molar-refractivity contribution in [2.75, 3.05) is 11.5 Å². The minimum Gasteiger partial charge on any atom is -0.398 e. The van der Waals surface area contributed by atoms with E-state index in [1.807, 2.05) is 0 Å². The van der Waals surface area contributed by atoms with Crippen molar-refractivity contribution in [2.45, 2.75) is 30.9 Å². The molecule has 0 fully saturated rings. The van der Waals surface area contributed by atoms with E-state index < -0.39 is 28.9 Å². The number of halogens is 6. The maximum Gasteiger partial charge on any atom is 0.411 e. The fraction of sp³-hybridized carbons (Fsp3) is 0.294. The molecular formula is C17H18F6N4. The van der Waals surface area contributed by atoms with Gasteiger partial charge >= 0.3 is 12.4 Å². The largest absolute Gasteiger partial charge is 0.411 e. The third-order valence-corrected chi connectivity index (χ3v) is 4.45. The summed E-state index contributed by atoms with van der Waals surface area (Å²) < 4.78 is 84.1. The summed E-state index contributed by atoms with van der Waals surface area (Å²) in [7, 11) is 0. The average Bonchev–Trinajstić information content (AvgIpc) is 2.53. The maximum absolute atomic E-state index is 14.0. The minimum atomic E-state index is -5.72. The monoisotopic (exact) mass is 392 g/mol. The van der Waals surface area contributed by atoms with Crippen molar-refractivity contribution >= 4 is 11.4 Å². The van der Waals surface area contributed by atoms with Gasteiger partial charge in [-0.3, -0.25) is 0 Å². The van der Waals surface area contributed by atoms with E-state index in [0.717, 1.165) is 24.3 Å². The zero-order valence-corrected chi connectivity index (χ0v) is 14.0. The van der Waals surface area contributed by atoms with E-state index in [2.05, 4.69) is 0 Å². The van der Waals surface area contributed by atoms with Gasteiger partial charge in [0.2, 0.25) is 5.41 Å². The third kappa shape index (κ3) is 3.30. The van der Waals surface area contributed by atoms with Gasteiger partial charge in [-0.2, -0.15) is 26.3 Å². The Labute approximate surface area is 151 Å². The molecule has 148 valence electrons. The quantitative estimate of drug-likeness (QED) is 0.474. The average molecular weight is 392 g/mol. The van der Waals surface area contributed by atoms with Gasteiger partial charge in [-0.05, 0) is 34.4 Å². The molecule has 0 aliphatic heterocycles. The van der Waals surface area contributed by atoms with Crippen molar-refractivity contribution in [2.24, 2.45) is 11.5 Å². The van der Waals surface area contributed by atoms with Crippen LogP contribution in [0.5, 0.6) is 0 Å². The minimum absolute atomic E-state index is 0.130. The second-order valence-electron chi connectivity index (χ2n) is 5.98. The normalized spacial score (nSPS) is 13.0. The molecule has 0 amide bonds. The van der Waals surface area contributed by atoms with E-state index >= 15 is 0 Å². The van der Waals surface area contributed by atoms with E-state index in [-0.39, 0.29) is 35.6 Å². The lowest BCUT2D eigenvalue weighted by molar-refractivity contribution is -0.288. The Kier molecular flexibility index (Phi) is 5.35. The lowest BCUT2D eigenvalue weighted by Crippen LogP contribution is -2.54. The third-order valence-electron chi connectivity index (χ3n) is 4.45. The number of rotatable bonds is 4. The Hall–Kier alpha value is -2.46. The predicted molar refractivity (Wildman–Crippen MR) is 90.4 cm³/mol.